The molecule has 0 radical (unpaired) electrons. The van der Waals surface area contributed by atoms with Crippen LogP contribution < -0.4 is 0 Å². The molecule has 0 saturated heterocycles. The van der Waals surface area contributed by atoms with Crippen molar-refractivity contribution in [1.82, 2.24) is 0 Å². The molecule has 6 heteroatoms. The first-order valence-corrected chi connectivity index (χ1v) is 7.14. The number of ketones is 1. The van der Waals surface area contributed by atoms with Gasteiger partial charge in [0, 0.05) is 12.7 Å². The molecule has 0 saturated carbocycles. The van der Waals surface area contributed by atoms with Crippen LogP contribution >= 0.6 is 11.8 Å². The minimum atomic E-state index is -1.09. The first-order chi connectivity index (χ1) is 10.0. The summed E-state index contributed by atoms with van der Waals surface area (Å²) in [6.07, 6.45) is 1.83. The zero-order valence-electron chi connectivity index (χ0n) is 11.1. The second-order valence-corrected chi connectivity index (χ2v) is 5.86. The van der Waals surface area contributed by atoms with Crippen LogP contribution in [-0.2, 0) is 16.0 Å². The lowest BCUT2D eigenvalue weighted by atomic mass is 9.84. The average Bonchev–Trinajstić information content (AvgIpc) is 2.46. The molecule has 1 atom stereocenters. The number of benzene rings is 1. The van der Waals surface area contributed by atoms with E-state index in [2.05, 4.69) is 0 Å². The SMILES string of the molecule is COC1SC(C(=O)O)=CC2=C1Cc1cccc(O)c1C2=O. The number of fused-ring (bicyclic) bond motifs is 1. The van der Waals surface area contributed by atoms with E-state index in [0.717, 1.165) is 22.9 Å². The highest BCUT2D eigenvalue weighted by molar-refractivity contribution is 8.04. The number of ether oxygens (including phenoxy) is 1. The van der Waals surface area contributed by atoms with Gasteiger partial charge in [-0.3, -0.25) is 4.79 Å². The number of thioether (sulfide) groups is 1. The molecule has 1 heterocycles. The fourth-order valence-electron chi connectivity index (χ4n) is 2.60. The second kappa shape index (κ2) is 5.05. The third kappa shape index (κ3) is 2.16. The van der Waals surface area contributed by atoms with Crippen molar-refractivity contribution in [2.45, 2.75) is 11.9 Å². The predicted octanol–water partition coefficient (Wildman–Crippen LogP) is 2.12. The Morgan fingerprint density at radius 2 is 2.19 bits per heavy atom. The molecule has 0 amide bonds. The van der Waals surface area contributed by atoms with Gasteiger partial charge in [0.1, 0.15) is 11.2 Å². The van der Waals surface area contributed by atoms with Gasteiger partial charge in [-0.15, -0.1) is 0 Å². The van der Waals surface area contributed by atoms with Gasteiger partial charge in [0.25, 0.3) is 0 Å². The van der Waals surface area contributed by atoms with Crippen molar-refractivity contribution in [1.29, 1.82) is 0 Å². The zero-order chi connectivity index (χ0) is 15.1. The summed E-state index contributed by atoms with van der Waals surface area (Å²) in [5.74, 6) is -1.53. The van der Waals surface area contributed by atoms with Gasteiger partial charge in [0.05, 0.1) is 10.5 Å². The molecule has 1 aromatic rings. The molecule has 0 aromatic heterocycles. The Balaban J connectivity index is 2.16. The van der Waals surface area contributed by atoms with E-state index in [4.69, 9.17) is 9.84 Å². The highest BCUT2D eigenvalue weighted by Crippen LogP contribution is 2.42. The van der Waals surface area contributed by atoms with Crippen LogP contribution in [0.1, 0.15) is 15.9 Å². The van der Waals surface area contributed by atoms with Gasteiger partial charge in [0.15, 0.2) is 5.78 Å². The van der Waals surface area contributed by atoms with E-state index in [0.29, 0.717) is 12.0 Å². The topological polar surface area (TPSA) is 83.8 Å². The molecule has 0 fully saturated rings. The van der Waals surface area contributed by atoms with Crippen molar-refractivity contribution >= 4 is 23.5 Å². The Labute approximate surface area is 124 Å². The third-order valence-corrected chi connectivity index (χ3v) is 4.78. The molecular weight excluding hydrogens is 292 g/mol. The normalized spacial score (nSPS) is 20.7. The van der Waals surface area contributed by atoms with E-state index in [-0.39, 0.29) is 22.0 Å². The molecule has 21 heavy (non-hydrogen) atoms. The molecule has 1 unspecified atom stereocenters. The Kier molecular flexibility index (Phi) is 3.35. The number of methoxy groups -OCH3 is 1. The Bertz CT molecular complexity index is 717. The maximum atomic E-state index is 12.6. The zero-order valence-corrected chi connectivity index (χ0v) is 11.9. The third-order valence-electron chi connectivity index (χ3n) is 3.55. The molecule has 2 N–H and O–H groups in total. The van der Waals surface area contributed by atoms with Crippen LogP contribution in [0.2, 0.25) is 0 Å². The number of aromatic hydroxyl groups is 1. The smallest absolute Gasteiger partial charge is 0.342 e. The number of aliphatic carboxylic acids is 1. The van der Waals surface area contributed by atoms with Crippen molar-refractivity contribution in [3.63, 3.8) is 0 Å². The first kappa shape index (κ1) is 13.9. The average molecular weight is 304 g/mol. The number of rotatable bonds is 2. The van der Waals surface area contributed by atoms with Gasteiger partial charge < -0.3 is 14.9 Å². The predicted molar refractivity (Wildman–Crippen MR) is 77.3 cm³/mol. The lowest BCUT2D eigenvalue weighted by Gasteiger charge is -2.29. The van der Waals surface area contributed by atoms with E-state index in [1.165, 1.54) is 19.3 Å². The van der Waals surface area contributed by atoms with Crippen LogP contribution in [0.3, 0.4) is 0 Å². The van der Waals surface area contributed by atoms with E-state index in [9.17, 15) is 14.7 Å². The van der Waals surface area contributed by atoms with Gasteiger partial charge in [-0.05, 0) is 29.7 Å². The van der Waals surface area contributed by atoms with E-state index >= 15 is 0 Å². The van der Waals surface area contributed by atoms with Crippen LogP contribution in [-0.4, -0.2) is 34.5 Å². The minimum Gasteiger partial charge on any atom is -0.507 e. The lowest BCUT2D eigenvalue weighted by Crippen LogP contribution is -2.26. The van der Waals surface area contributed by atoms with Crippen molar-refractivity contribution in [2.24, 2.45) is 0 Å². The quantitative estimate of drug-likeness (QED) is 0.870. The largest absolute Gasteiger partial charge is 0.507 e. The van der Waals surface area contributed by atoms with E-state index in [1.807, 2.05) is 0 Å². The van der Waals surface area contributed by atoms with E-state index in [1.54, 1.807) is 12.1 Å². The summed E-state index contributed by atoms with van der Waals surface area (Å²) in [6.45, 7) is 0. The number of Topliss-reactive ketones (excluding diaryl/α,β-unsaturated/α-hetero) is 1. The summed E-state index contributed by atoms with van der Waals surface area (Å²) in [6, 6.07) is 4.92. The Hall–Kier alpha value is -2.05. The van der Waals surface area contributed by atoms with Crippen LogP contribution in [0, 0.1) is 0 Å². The number of carboxylic acids is 1. The molecule has 2 aliphatic rings. The molecule has 3 rings (SSSR count). The first-order valence-electron chi connectivity index (χ1n) is 6.26. The number of hydrogen-bond acceptors (Lipinski definition) is 5. The standard InChI is InChI=1S/C15H12O5S/c1-20-15-9-5-7-3-2-4-10(16)12(7)13(17)8(9)6-11(21-15)14(18)19/h2-4,6,15-16H,5H2,1H3,(H,18,19). The van der Waals surface area contributed by atoms with Crippen molar-refractivity contribution < 1.29 is 24.5 Å². The molecule has 1 aliphatic carbocycles. The maximum Gasteiger partial charge on any atom is 0.342 e. The fourth-order valence-corrected chi connectivity index (χ4v) is 3.57. The molecule has 5 nitrogen and oxygen atoms in total. The van der Waals surface area contributed by atoms with E-state index < -0.39 is 11.4 Å². The summed E-state index contributed by atoms with van der Waals surface area (Å²) >= 11 is 1.07. The number of carboxylic acid groups (broad SMARTS) is 1. The molecule has 1 aromatic carbocycles. The Morgan fingerprint density at radius 3 is 2.86 bits per heavy atom. The van der Waals surface area contributed by atoms with Gasteiger partial charge in [-0.25, -0.2) is 4.79 Å². The summed E-state index contributed by atoms with van der Waals surface area (Å²) in [5.41, 5.74) is 1.53. The number of phenols is 1. The second-order valence-electron chi connectivity index (χ2n) is 4.76. The lowest BCUT2D eigenvalue weighted by molar-refractivity contribution is -0.131. The van der Waals surface area contributed by atoms with Crippen LogP contribution in [0.15, 0.2) is 40.3 Å². The highest BCUT2D eigenvalue weighted by atomic mass is 32.2. The van der Waals surface area contributed by atoms with Crippen LogP contribution in [0.5, 0.6) is 5.75 Å². The molecule has 0 bridgehead atoms. The minimum absolute atomic E-state index is 0.0628. The summed E-state index contributed by atoms with van der Waals surface area (Å²) in [7, 11) is 1.48. The fraction of sp³-hybridized carbons (Fsp3) is 0.200. The molecule has 108 valence electrons. The van der Waals surface area contributed by atoms with Gasteiger partial charge in [0.2, 0.25) is 0 Å². The highest BCUT2D eigenvalue weighted by Gasteiger charge is 2.35. The Morgan fingerprint density at radius 1 is 1.43 bits per heavy atom. The monoisotopic (exact) mass is 304 g/mol. The van der Waals surface area contributed by atoms with Crippen molar-refractivity contribution in [3.05, 3.63) is 51.5 Å². The van der Waals surface area contributed by atoms with Crippen molar-refractivity contribution in [3.8, 4) is 5.75 Å². The van der Waals surface area contributed by atoms with Crippen LogP contribution in [0.4, 0.5) is 0 Å². The van der Waals surface area contributed by atoms with Crippen molar-refractivity contribution in [2.75, 3.05) is 7.11 Å². The summed E-state index contributed by atoms with van der Waals surface area (Å²) < 4.78 is 5.32. The summed E-state index contributed by atoms with van der Waals surface area (Å²) in [5, 5.41) is 19.0. The number of carbonyl (C=O) groups is 2. The maximum absolute atomic E-state index is 12.6. The number of hydrogen-bond donors (Lipinski definition) is 2. The van der Waals surface area contributed by atoms with Gasteiger partial charge in [-0.1, -0.05) is 23.9 Å². The van der Waals surface area contributed by atoms with Gasteiger partial charge >= 0.3 is 5.97 Å². The summed E-state index contributed by atoms with van der Waals surface area (Å²) in [4.78, 5) is 23.8. The van der Waals surface area contributed by atoms with Gasteiger partial charge in [-0.2, -0.15) is 0 Å². The number of carbonyl (C=O) groups excluding carboxylic acids is 1. The molecular formula is C15H12O5S. The van der Waals surface area contributed by atoms with Crippen LogP contribution in [0.25, 0.3) is 0 Å². The number of phenolic OH excluding ortho intramolecular Hbond substituents is 1. The molecule has 0 spiro atoms. The number of allylic oxidation sites excluding steroid dienone is 2. The molecule has 1 aliphatic heterocycles.